The van der Waals surface area contributed by atoms with Gasteiger partial charge in [0.15, 0.2) is 5.84 Å². The van der Waals surface area contributed by atoms with Gasteiger partial charge < -0.3 is 10.1 Å². The number of hydrogen-bond acceptors (Lipinski definition) is 5. The zero-order chi connectivity index (χ0) is 37.2. The molecular weight excluding hydrogens is 685 g/mol. The van der Waals surface area contributed by atoms with Crippen LogP contribution in [0.4, 0.5) is 0 Å². The number of fused-ring (bicyclic) bond motifs is 10. The van der Waals surface area contributed by atoms with Crippen molar-refractivity contribution in [2.75, 3.05) is 0 Å². The summed E-state index contributed by atoms with van der Waals surface area (Å²) in [6, 6.07) is 65.5. The van der Waals surface area contributed by atoms with Crippen molar-refractivity contribution < 1.29 is 4.74 Å². The van der Waals surface area contributed by atoms with E-state index < -0.39 is 5.41 Å². The Morgan fingerprint density at radius 2 is 1.20 bits per heavy atom. The Labute approximate surface area is 324 Å². The molecule has 2 aliphatic heterocycles. The molecule has 8 aromatic rings. The number of aliphatic imine (C=N–C) groups is 2. The van der Waals surface area contributed by atoms with Gasteiger partial charge in [-0.3, -0.25) is 0 Å². The van der Waals surface area contributed by atoms with Crippen LogP contribution in [-0.4, -0.2) is 11.7 Å². The van der Waals surface area contributed by atoms with Crippen LogP contribution in [0.3, 0.4) is 0 Å². The molecule has 11 rings (SSSR count). The first kappa shape index (κ1) is 31.9. The lowest BCUT2D eigenvalue weighted by Crippen LogP contribution is -2.34. The lowest BCUT2D eigenvalue weighted by molar-refractivity contribution is 0.436. The van der Waals surface area contributed by atoms with Crippen LogP contribution in [0.1, 0.15) is 50.7 Å². The molecule has 262 valence electrons. The molecule has 0 amide bonds. The number of nitrogens with one attached hydrogen (secondary N) is 1. The van der Waals surface area contributed by atoms with E-state index in [-0.39, 0.29) is 6.17 Å². The van der Waals surface area contributed by atoms with Crippen molar-refractivity contribution in [1.82, 2.24) is 5.32 Å². The van der Waals surface area contributed by atoms with Crippen molar-refractivity contribution in [2.24, 2.45) is 9.98 Å². The largest absolute Gasteiger partial charge is 0.457 e. The van der Waals surface area contributed by atoms with Gasteiger partial charge in [0.1, 0.15) is 23.5 Å². The van der Waals surface area contributed by atoms with Crippen LogP contribution in [0.5, 0.6) is 11.5 Å². The van der Waals surface area contributed by atoms with Gasteiger partial charge in [-0.2, -0.15) is 5.26 Å². The second-order valence-corrected chi connectivity index (χ2v) is 14.4. The molecule has 0 aromatic heterocycles. The first-order chi connectivity index (χ1) is 27.7. The van der Waals surface area contributed by atoms with Crippen molar-refractivity contribution in [3.05, 3.63) is 226 Å². The van der Waals surface area contributed by atoms with Crippen LogP contribution in [0.25, 0.3) is 33.0 Å². The Balaban J connectivity index is 1.18. The van der Waals surface area contributed by atoms with Crippen molar-refractivity contribution >= 4 is 22.4 Å². The fourth-order valence-electron chi connectivity index (χ4n) is 9.00. The van der Waals surface area contributed by atoms with Crippen LogP contribution in [-0.2, 0) is 5.41 Å². The van der Waals surface area contributed by atoms with E-state index in [0.29, 0.717) is 11.4 Å². The van der Waals surface area contributed by atoms with E-state index >= 15 is 0 Å². The summed E-state index contributed by atoms with van der Waals surface area (Å²) in [6.07, 6.45) is -0.343. The van der Waals surface area contributed by atoms with Crippen LogP contribution in [0.2, 0.25) is 0 Å². The number of para-hydroxylation sites is 2. The summed E-state index contributed by atoms with van der Waals surface area (Å²) in [5.41, 5.74) is 11.9. The topological polar surface area (TPSA) is 69.8 Å². The molecule has 5 nitrogen and oxygen atoms in total. The molecule has 8 aromatic carbocycles. The number of hydrogen-bond donors (Lipinski definition) is 1. The number of benzene rings is 8. The maximum Gasteiger partial charge on any atom is 0.159 e. The van der Waals surface area contributed by atoms with Gasteiger partial charge in [0.05, 0.1) is 17.0 Å². The molecule has 0 bridgehead atoms. The third-order valence-corrected chi connectivity index (χ3v) is 11.4. The molecule has 3 aliphatic rings. The highest BCUT2D eigenvalue weighted by atomic mass is 16.5. The van der Waals surface area contributed by atoms with E-state index in [9.17, 15) is 5.26 Å². The molecule has 0 saturated carbocycles. The molecule has 0 radical (unpaired) electrons. The SMILES string of the molecule is N#Cc1ccc(-c2cccc3c2-c2ccc(C4=NC(c5ccccc5)NC(c5cccc6ccccc56)=N4)cc2C32c3ccccc3Oc3ccccc32)cc1. The normalized spacial score (nSPS) is 15.6. The standard InChI is InChI=1S/C51H32N4O/c52-31-32-24-26-34(27-25-32)38-17-11-21-43-47(38)40-29-28-36(30-44(40)51(43)41-19-6-8-22-45(41)56-46-23-9-7-20-42(46)51)49-53-48(35-13-2-1-3-14-35)54-50(55-49)39-18-10-15-33-12-4-5-16-37(33)39/h1-30,48H,(H,53,54,55). The van der Waals surface area contributed by atoms with E-state index in [1.165, 1.54) is 11.1 Å². The van der Waals surface area contributed by atoms with Crippen molar-refractivity contribution in [3.8, 4) is 39.8 Å². The Bertz CT molecular complexity index is 2940. The van der Waals surface area contributed by atoms with Crippen molar-refractivity contribution in [3.63, 3.8) is 0 Å². The van der Waals surface area contributed by atoms with E-state index in [1.807, 2.05) is 30.3 Å². The van der Waals surface area contributed by atoms with E-state index in [0.717, 1.165) is 78.2 Å². The van der Waals surface area contributed by atoms with Gasteiger partial charge in [-0.1, -0.05) is 152 Å². The molecule has 56 heavy (non-hydrogen) atoms. The minimum Gasteiger partial charge on any atom is -0.457 e. The van der Waals surface area contributed by atoms with Crippen LogP contribution in [0, 0.1) is 11.3 Å². The van der Waals surface area contributed by atoms with E-state index in [2.05, 4.69) is 163 Å². The van der Waals surface area contributed by atoms with Crippen LogP contribution in [0.15, 0.2) is 192 Å². The maximum absolute atomic E-state index is 9.59. The third-order valence-electron chi connectivity index (χ3n) is 11.4. The number of amidine groups is 2. The van der Waals surface area contributed by atoms with Crippen LogP contribution >= 0.6 is 0 Å². The zero-order valence-electron chi connectivity index (χ0n) is 30.1. The Hall–Kier alpha value is -7.55. The first-order valence-electron chi connectivity index (χ1n) is 18.8. The predicted octanol–water partition coefficient (Wildman–Crippen LogP) is 11.3. The molecule has 1 N–H and O–H groups in total. The average molecular weight is 717 g/mol. The second kappa shape index (κ2) is 12.5. The van der Waals surface area contributed by atoms with Gasteiger partial charge in [0.2, 0.25) is 0 Å². The Morgan fingerprint density at radius 3 is 1.98 bits per heavy atom. The van der Waals surface area contributed by atoms with E-state index in [4.69, 9.17) is 14.7 Å². The number of ether oxygens (including phenoxy) is 1. The van der Waals surface area contributed by atoms with Crippen LogP contribution < -0.4 is 10.1 Å². The van der Waals surface area contributed by atoms with E-state index in [1.54, 1.807) is 0 Å². The number of nitrogens with zero attached hydrogens (tertiary/aromatic N) is 3. The third kappa shape index (κ3) is 4.73. The zero-order valence-corrected chi connectivity index (χ0v) is 30.1. The fraction of sp³-hybridized carbons (Fsp3) is 0.0392. The fourth-order valence-corrected chi connectivity index (χ4v) is 9.00. The minimum atomic E-state index is -0.691. The van der Waals surface area contributed by atoms with Gasteiger partial charge in [-0.05, 0) is 80.0 Å². The summed E-state index contributed by atoms with van der Waals surface area (Å²) < 4.78 is 6.66. The molecule has 1 aliphatic carbocycles. The van der Waals surface area contributed by atoms with Gasteiger partial charge in [-0.25, -0.2) is 9.98 Å². The van der Waals surface area contributed by atoms with Crippen molar-refractivity contribution in [2.45, 2.75) is 11.6 Å². The molecule has 1 unspecified atom stereocenters. The Kier molecular flexibility index (Phi) is 7.14. The summed E-state index contributed by atoms with van der Waals surface area (Å²) >= 11 is 0. The summed E-state index contributed by atoms with van der Waals surface area (Å²) in [6.45, 7) is 0. The number of rotatable bonds is 4. The average Bonchev–Trinajstić information content (AvgIpc) is 3.56. The predicted molar refractivity (Wildman–Crippen MR) is 223 cm³/mol. The number of nitriles is 1. The molecular formula is C51H32N4O. The highest BCUT2D eigenvalue weighted by Crippen LogP contribution is 2.63. The summed E-state index contributed by atoms with van der Waals surface area (Å²) in [4.78, 5) is 10.7. The first-order valence-corrected chi connectivity index (χ1v) is 18.8. The molecule has 0 fully saturated rings. The lowest BCUT2D eigenvalue weighted by atomic mass is 9.66. The van der Waals surface area contributed by atoms with Gasteiger partial charge in [0.25, 0.3) is 0 Å². The molecule has 5 heteroatoms. The van der Waals surface area contributed by atoms with Gasteiger partial charge in [0, 0.05) is 22.3 Å². The van der Waals surface area contributed by atoms with Gasteiger partial charge in [-0.15, -0.1) is 0 Å². The summed E-state index contributed by atoms with van der Waals surface area (Å²) in [7, 11) is 0. The summed E-state index contributed by atoms with van der Waals surface area (Å²) in [5.74, 6) is 3.11. The quantitative estimate of drug-likeness (QED) is 0.197. The highest BCUT2D eigenvalue weighted by Gasteiger charge is 2.51. The monoisotopic (exact) mass is 716 g/mol. The Morgan fingerprint density at radius 1 is 0.554 bits per heavy atom. The highest BCUT2D eigenvalue weighted by molar-refractivity contribution is 6.17. The lowest BCUT2D eigenvalue weighted by Gasteiger charge is -2.39. The second-order valence-electron chi connectivity index (χ2n) is 14.4. The molecule has 1 spiro atoms. The maximum atomic E-state index is 9.59. The summed E-state index contributed by atoms with van der Waals surface area (Å²) in [5, 5.41) is 15.6. The van der Waals surface area contributed by atoms with Crippen molar-refractivity contribution in [1.29, 1.82) is 5.26 Å². The van der Waals surface area contributed by atoms with Gasteiger partial charge >= 0.3 is 0 Å². The molecule has 1 atom stereocenters. The molecule has 2 heterocycles. The minimum absolute atomic E-state index is 0.343. The smallest absolute Gasteiger partial charge is 0.159 e. The molecule has 0 saturated heterocycles.